The number of rotatable bonds is 3. The molecule has 1 fully saturated rings. The average molecular weight is 247 g/mol. The Balaban J connectivity index is 1.95. The molecule has 1 saturated carbocycles. The zero-order chi connectivity index (χ0) is 12.8. The van der Waals surface area contributed by atoms with Gasteiger partial charge in [0.2, 0.25) is 5.92 Å². The minimum atomic E-state index is -2.48. The molecule has 0 bridgehead atoms. The lowest BCUT2D eigenvalue weighted by Gasteiger charge is -2.39. The normalized spacial score (nSPS) is 20.6. The second-order valence-corrected chi connectivity index (χ2v) is 5.03. The van der Waals surface area contributed by atoms with Crippen molar-refractivity contribution in [3.63, 3.8) is 0 Å². The number of aromatic nitrogens is 1. The second-order valence-electron chi connectivity index (χ2n) is 5.03. The number of nitrogens with zero attached hydrogens (tertiary/aromatic N) is 1. The second kappa shape index (κ2) is 3.94. The molecule has 0 spiro atoms. The van der Waals surface area contributed by atoms with E-state index in [1.165, 1.54) is 0 Å². The maximum atomic E-state index is 13.0. The third kappa shape index (κ3) is 1.74. The van der Waals surface area contributed by atoms with Gasteiger partial charge in [0, 0.05) is 24.6 Å². The summed E-state index contributed by atoms with van der Waals surface area (Å²) in [6.45, 7) is 3.81. The Morgan fingerprint density at radius 1 is 1.28 bits per heavy atom. The molecule has 0 amide bonds. The van der Waals surface area contributed by atoms with E-state index in [-0.39, 0.29) is 24.8 Å². The van der Waals surface area contributed by atoms with Gasteiger partial charge in [-0.15, -0.1) is 6.58 Å². The predicted octanol–water partition coefficient (Wildman–Crippen LogP) is 4.41. The molecule has 0 aliphatic heterocycles. The van der Waals surface area contributed by atoms with Crippen molar-refractivity contribution in [2.45, 2.75) is 24.8 Å². The Labute approximate surface area is 105 Å². The van der Waals surface area contributed by atoms with Crippen LogP contribution in [-0.4, -0.2) is 10.5 Å². The number of alkyl halides is 2. The molecular formula is C15H15F2N. The average Bonchev–Trinajstić information content (AvgIpc) is 2.72. The van der Waals surface area contributed by atoms with Crippen molar-refractivity contribution in [1.82, 2.24) is 4.57 Å². The number of benzene rings is 1. The van der Waals surface area contributed by atoms with E-state index in [4.69, 9.17) is 0 Å². The molecule has 1 aliphatic carbocycles. The van der Waals surface area contributed by atoms with Crippen LogP contribution in [0.15, 0.2) is 49.2 Å². The number of allylic oxidation sites excluding steroid dienone is 1. The maximum absolute atomic E-state index is 13.0. The highest BCUT2D eigenvalue weighted by molar-refractivity contribution is 5.80. The van der Waals surface area contributed by atoms with E-state index >= 15 is 0 Å². The van der Waals surface area contributed by atoms with E-state index in [0.717, 1.165) is 10.9 Å². The predicted molar refractivity (Wildman–Crippen MR) is 68.8 cm³/mol. The van der Waals surface area contributed by atoms with Gasteiger partial charge >= 0.3 is 0 Å². The Morgan fingerprint density at radius 3 is 2.67 bits per heavy atom. The smallest absolute Gasteiger partial charge is 0.248 e. The Hall–Kier alpha value is -1.64. The van der Waals surface area contributed by atoms with Gasteiger partial charge < -0.3 is 4.57 Å². The van der Waals surface area contributed by atoms with Crippen LogP contribution in [0.1, 0.15) is 18.9 Å². The molecular weight excluding hydrogens is 232 g/mol. The van der Waals surface area contributed by atoms with Crippen LogP contribution in [0.5, 0.6) is 0 Å². The van der Waals surface area contributed by atoms with Crippen molar-refractivity contribution < 1.29 is 8.78 Å². The van der Waals surface area contributed by atoms with Crippen LogP contribution >= 0.6 is 0 Å². The van der Waals surface area contributed by atoms with Crippen LogP contribution in [0.2, 0.25) is 0 Å². The van der Waals surface area contributed by atoms with Crippen molar-refractivity contribution >= 4 is 10.9 Å². The summed E-state index contributed by atoms with van der Waals surface area (Å²) in [4.78, 5) is 0. The highest BCUT2D eigenvalue weighted by atomic mass is 19.3. The highest BCUT2D eigenvalue weighted by Crippen LogP contribution is 2.48. The molecule has 3 heteroatoms. The Bertz CT molecular complexity index is 577. The number of hydrogen-bond acceptors (Lipinski definition) is 0. The molecule has 0 N–H and O–H groups in total. The van der Waals surface area contributed by atoms with E-state index in [2.05, 4.69) is 11.1 Å². The molecule has 0 unspecified atom stereocenters. The maximum Gasteiger partial charge on any atom is 0.248 e. The first kappa shape index (κ1) is 11.5. The summed E-state index contributed by atoms with van der Waals surface area (Å²) in [5, 5.41) is 1.13. The van der Waals surface area contributed by atoms with Gasteiger partial charge in [-0.3, -0.25) is 0 Å². The minimum Gasteiger partial charge on any atom is -0.340 e. The number of para-hydroxylation sites is 1. The third-order valence-corrected chi connectivity index (χ3v) is 3.80. The molecule has 0 radical (unpaired) electrons. The lowest BCUT2D eigenvalue weighted by atomic mass is 9.76. The van der Waals surface area contributed by atoms with Gasteiger partial charge in [0.05, 0.1) is 6.04 Å². The Morgan fingerprint density at radius 2 is 2.00 bits per heavy atom. The molecule has 1 aliphatic rings. The lowest BCUT2D eigenvalue weighted by Crippen LogP contribution is -2.39. The number of hydrogen-bond donors (Lipinski definition) is 0. The van der Waals surface area contributed by atoms with Gasteiger partial charge in [0.25, 0.3) is 0 Å². The number of fused-ring (bicyclic) bond motifs is 1. The monoisotopic (exact) mass is 247 g/mol. The quantitative estimate of drug-likeness (QED) is 0.708. The number of halogens is 2. The first-order valence-electron chi connectivity index (χ1n) is 6.17. The van der Waals surface area contributed by atoms with E-state index in [0.29, 0.717) is 0 Å². The standard InChI is InChI=1S/C15H15F2N/c1-2-13(12-9-15(16,17)10-12)18-8-7-11-5-3-4-6-14(11)18/h2-8,12-13H,1,9-10H2/t13-/m1/s1. The fraction of sp³-hybridized carbons (Fsp3) is 0.333. The van der Waals surface area contributed by atoms with Crippen LogP contribution in [-0.2, 0) is 0 Å². The van der Waals surface area contributed by atoms with Gasteiger partial charge in [0.1, 0.15) is 0 Å². The summed E-state index contributed by atoms with van der Waals surface area (Å²) >= 11 is 0. The summed E-state index contributed by atoms with van der Waals surface area (Å²) in [5.74, 6) is -2.48. The summed E-state index contributed by atoms with van der Waals surface area (Å²) < 4.78 is 28.1. The fourth-order valence-corrected chi connectivity index (χ4v) is 2.85. The lowest BCUT2D eigenvalue weighted by molar-refractivity contribution is -0.118. The van der Waals surface area contributed by atoms with Crippen molar-refractivity contribution in [2.24, 2.45) is 5.92 Å². The molecule has 2 aromatic rings. The van der Waals surface area contributed by atoms with Crippen LogP contribution in [0.4, 0.5) is 8.78 Å². The first-order chi connectivity index (χ1) is 8.61. The van der Waals surface area contributed by atoms with Crippen LogP contribution in [0, 0.1) is 5.92 Å². The minimum absolute atomic E-state index is 0.00620. The molecule has 1 aromatic carbocycles. The molecule has 18 heavy (non-hydrogen) atoms. The summed E-state index contributed by atoms with van der Waals surface area (Å²) in [5.41, 5.74) is 1.08. The Kier molecular flexibility index (Phi) is 2.51. The largest absolute Gasteiger partial charge is 0.340 e. The highest BCUT2D eigenvalue weighted by Gasteiger charge is 2.48. The van der Waals surface area contributed by atoms with Crippen molar-refractivity contribution in [3.8, 4) is 0 Å². The van der Waals surface area contributed by atoms with Gasteiger partial charge in [-0.2, -0.15) is 0 Å². The van der Waals surface area contributed by atoms with Crippen molar-refractivity contribution in [1.29, 1.82) is 0 Å². The molecule has 3 rings (SSSR count). The van der Waals surface area contributed by atoms with Gasteiger partial charge in [-0.1, -0.05) is 24.3 Å². The SMILES string of the molecule is C=C[C@H](C1CC(F)(F)C1)n1ccc2ccccc21. The van der Waals surface area contributed by atoms with Crippen molar-refractivity contribution in [2.75, 3.05) is 0 Å². The molecule has 0 saturated heterocycles. The zero-order valence-electron chi connectivity index (χ0n) is 10.0. The van der Waals surface area contributed by atoms with Crippen LogP contribution in [0.25, 0.3) is 10.9 Å². The molecule has 1 atom stereocenters. The third-order valence-electron chi connectivity index (χ3n) is 3.80. The zero-order valence-corrected chi connectivity index (χ0v) is 10.0. The van der Waals surface area contributed by atoms with Crippen LogP contribution in [0.3, 0.4) is 0 Å². The molecule has 1 aromatic heterocycles. The van der Waals surface area contributed by atoms with E-state index in [9.17, 15) is 8.78 Å². The summed E-state index contributed by atoms with van der Waals surface area (Å²) in [6, 6.07) is 9.97. The first-order valence-corrected chi connectivity index (χ1v) is 6.17. The summed E-state index contributed by atoms with van der Waals surface area (Å²) in [6.07, 6.45) is 3.69. The molecule has 1 heterocycles. The molecule has 94 valence electrons. The van der Waals surface area contributed by atoms with Gasteiger partial charge in [0.15, 0.2) is 0 Å². The topological polar surface area (TPSA) is 4.93 Å². The molecule has 1 nitrogen and oxygen atoms in total. The fourth-order valence-electron chi connectivity index (χ4n) is 2.85. The van der Waals surface area contributed by atoms with E-state index in [1.54, 1.807) is 6.08 Å². The van der Waals surface area contributed by atoms with Gasteiger partial charge in [-0.05, 0) is 23.4 Å². The van der Waals surface area contributed by atoms with E-state index < -0.39 is 5.92 Å². The van der Waals surface area contributed by atoms with E-state index in [1.807, 2.05) is 36.5 Å². The van der Waals surface area contributed by atoms with Gasteiger partial charge in [-0.25, -0.2) is 8.78 Å². The van der Waals surface area contributed by atoms with Crippen molar-refractivity contribution in [3.05, 3.63) is 49.2 Å². The van der Waals surface area contributed by atoms with Crippen LogP contribution < -0.4 is 0 Å². The summed E-state index contributed by atoms with van der Waals surface area (Å²) in [7, 11) is 0.